The van der Waals surface area contributed by atoms with E-state index in [9.17, 15) is 14.7 Å². The summed E-state index contributed by atoms with van der Waals surface area (Å²) in [6, 6.07) is 7.47. The summed E-state index contributed by atoms with van der Waals surface area (Å²) in [5, 5.41) is 12.5. The van der Waals surface area contributed by atoms with Gasteiger partial charge in [-0.2, -0.15) is 0 Å². The van der Waals surface area contributed by atoms with E-state index < -0.39 is 11.9 Å². The molecule has 3 N–H and O–H groups in total. The van der Waals surface area contributed by atoms with E-state index in [-0.39, 0.29) is 5.91 Å². The highest BCUT2D eigenvalue weighted by Crippen LogP contribution is 2.39. The summed E-state index contributed by atoms with van der Waals surface area (Å²) in [5.41, 5.74) is 2.94. The van der Waals surface area contributed by atoms with Crippen molar-refractivity contribution in [3.63, 3.8) is 0 Å². The van der Waals surface area contributed by atoms with Crippen LogP contribution in [0.2, 0.25) is 0 Å². The van der Waals surface area contributed by atoms with Crippen molar-refractivity contribution in [1.29, 1.82) is 0 Å². The number of aliphatic carboxylic acids is 1. The number of hydrogen-bond donors (Lipinski definition) is 3. The Morgan fingerprint density at radius 1 is 1.21 bits per heavy atom. The lowest BCUT2D eigenvalue weighted by Gasteiger charge is -2.29. The molecule has 0 saturated carbocycles. The number of carbonyl (C=O) groups excluding carboxylic acids is 1. The van der Waals surface area contributed by atoms with Crippen molar-refractivity contribution in [2.24, 2.45) is 0 Å². The monoisotopic (exact) mass is 398 g/mol. The molecular weight excluding hydrogens is 372 g/mol. The Morgan fingerprint density at radius 3 is 2.66 bits per heavy atom. The van der Waals surface area contributed by atoms with Gasteiger partial charge in [-0.3, -0.25) is 9.59 Å². The quantitative estimate of drug-likeness (QED) is 0.716. The summed E-state index contributed by atoms with van der Waals surface area (Å²) in [6.07, 6.45) is 2.09. The van der Waals surface area contributed by atoms with E-state index in [4.69, 9.17) is 4.74 Å². The Kier molecular flexibility index (Phi) is 5.08. The number of carboxylic acid groups (broad SMARTS) is 1. The second-order valence-electron chi connectivity index (χ2n) is 7.48. The van der Waals surface area contributed by atoms with Crippen LogP contribution in [0.1, 0.15) is 41.7 Å². The van der Waals surface area contributed by atoms with Crippen molar-refractivity contribution in [3.05, 3.63) is 35.5 Å². The minimum Gasteiger partial charge on any atom is -0.488 e. The van der Waals surface area contributed by atoms with Gasteiger partial charge in [0.15, 0.2) is 11.6 Å². The molecule has 1 aromatic heterocycles. The maximum atomic E-state index is 12.7. The highest BCUT2D eigenvalue weighted by atomic mass is 16.5. The van der Waals surface area contributed by atoms with Crippen LogP contribution in [0.25, 0.3) is 0 Å². The molecule has 1 fully saturated rings. The van der Waals surface area contributed by atoms with Crippen molar-refractivity contribution in [2.75, 3.05) is 43.5 Å². The first-order valence-corrected chi connectivity index (χ1v) is 9.96. The molecule has 154 valence electrons. The SMILES string of the molecule is CNc1cc(N2CCOc3cc(C(=O)N4CCCC4)[nH]c32)ccc1C(C)C(=O)O. The molecule has 3 heterocycles. The van der Waals surface area contributed by atoms with Gasteiger partial charge in [0.1, 0.15) is 12.3 Å². The fourth-order valence-electron chi connectivity index (χ4n) is 4.00. The molecule has 2 aromatic rings. The fraction of sp³-hybridized carbons (Fsp3) is 0.429. The predicted molar refractivity (Wildman–Crippen MR) is 110 cm³/mol. The number of benzene rings is 1. The number of anilines is 3. The van der Waals surface area contributed by atoms with Crippen molar-refractivity contribution in [3.8, 4) is 5.75 Å². The van der Waals surface area contributed by atoms with E-state index in [1.54, 1.807) is 20.0 Å². The number of carboxylic acids is 1. The Bertz CT molecular complexity index is 933. The Morgan fingerprint density at radius 2 is 1.97 bits per heavy atom. The molecular formula is C21H26N4O4. The third kappa shape index (κ3) is 3.50. The molecule has 1 atom stereocenters. The van der Waals surface area contributed by atoms with Crippen LogP contribution in [0.15, 0.2) is 24.3 Å². The van der Waals surface area contributed by atoms with Gasteiger partial charge in [0.25, 0.3) is 5.91 Å². The van der Waals surface area contributed by atoms with Crippen LogP contribution in [0.4, 0.5) is 17.2 Å². The normalized spacial score (nSPS) is 16.9. The molecule has 0 radical (unpaired) electrons. The van der Waals surface area contributed by atoms with E-state index in [1.807, 2.05) is 23.1 Å². The average molecular weight is 398 g/mol. The number of likely N-dealkylation sites (tertiary alicyclic amines) is 1. The smallest absolute Gasteiger partial charge is 0.310 e. The number of carbonyl (C=O) groups is 2. The van der Waals surface area contributed by atoms with Gasteiger partial charge in [-0.05, 0) is 37.5 Å². The second kappa shape index (κ2) is 7.69. The number of amides is 1. The number of hydrogen-bond acceptors (Lipinski definition) is 5. The summed E-state index contributed by atoms with van der Waals surface area (Å²) in [5.74, 6) is -0.0612. The lowest BCUT2D eigenvalue weighted by molar-refractivity contribution is -0.138. The number of rotatable bonds is 5. The van der Waals surface area contributed by atoms with Gasteiger partial charge in [0, 0.05) is 37.6 Å². The van der Waals surface area contributed by atoms with Crippen LogP contribution in [0.5, 0.6) is 5.75 Å². The number of fused-ring (bicyclic) bond motifs is 1. The summed E-state index contributed by atoms with van der Waals surface area (Å²) in [7, 11) is 1.78. The zero-order chi connectivity index (χ0) is 20.5. The highest BCUT2D eigenvalue weighted by Gasteiger charge is 2.28. The minimum atomic E-state index is -0.864. The van der Waals surface area contributed by atoms with Crippen LogP contribution < -0.4 is 15.0 Å². The molecule has 8 heteroatoms. The van der Waals surface area contributed by atoms with E-state index in [1.165, 1.54) is 0 Å². The third-order valence-corrected chi connectivity index (χ3v) is 5.68. The number of nitrogens with one attached hydrogen (secondary N) is 2. The Balaban J connectivity index is 1.66. The summed E-state index contributed by atoms with van der Waals surface area (Å²) in [4.78, 5) is 31.3. The Hall–Kier alpha value is -3.16. The number of H-pyrrole nitrogens is 1. The minimum absolute atomic E-state index is 0.00185. The first-order valence-electron chi connectivity index (χ1n) is 9.96. The maximum Gasteiger partial charge on any atom is 0.310 e. The van der Waals surface area contributed by atoms with Gasteiger partial charge in [0.05, 0.1) is 12.5 Å². The summed E-state index contributed by atoms with van der Waals surface area (Å²) in [6.45, 7) is 4.39. The molecule has 0 spiro atoms. The van der Waals surface area contributed by atoms with Crippen molar-refractivity contribution in [1.82, 2.24) is 9.88 Å². The molecule has 2 aliphatic heterocycles. The van der Waals surface area contributed by atoms with Crippen LogP contribution in [0.3, 0.4) is 0 Å². The van der Waals surface area contributed by atoms with Crippen molar-refractivity contribution < 1.29 is 19.4 Å². The second-order valence-corrected chi connectivity index (χ2v) is 7.48. The fourth-order valence-corrected chi connectivity index (χ4v) is 4.00. The largest absolute Gasteiger partial charge is 0.488 e. The lowest BCUT2D eigenvalue weighted by Crippen LogP contribution is -2.29. The van der Waals surface area contributed by atoms with Gasteiger partial charge >= 0.3 is 5.97 Å². The molecule has 1 saturated heterocycles. The summed E-state index contributed by atoms with van der Waals surface area (Å²) < 4.78 is 5.78. The van der Waals surface area contributed by atoms with E-state index >= 15 is 0 Å². The van der Waals surface area contributed by atoms with E-state index in [0.717, 1.165) is 48.7 Å². The maximum absolute atomic E-state index is 12.7. The van der Waals surface area contributed by atoms with Crippen LogP contribution in [-0.2, 0) is 4.79 Å². The molecule has 1 aromatic carbocycles. The zero-order valence-corrected chi connectivity index (χ0v) is 16.7. The number of ether oxygens (including phenoxy) is 1. The molecule has 8 nitrogen and oxygen atoms in total. The molecule has 1 amide bonds. The van der Waals surface area contributed by atoms with Gasteiger partial charge in [0.2, 0.25) is 0 Å². The summed E-state index contributed by atoms with van der Waals surface area (Å²) >= 11 is 0. The van der Waals surface area contributed by atoms with Gasteiger partial charge in [-0.25, -0.2) is 0 Å². The van der Waals surface area contributed by atoms with Gasteiger partial charge in [-0.15, -0.1) is 0 Å². The van der Waals surface area contributed by atoms with Crippen LogP contribution in [-0.4, -0.2) is 60.2 Å². The molecule has 0 aliphatic carbocycles. The topological polar surface area (TPSA) is 97.9 Å². The van der Waals surface area contributed by atoms with E-state index in [2.05, 4.69) is 15.2 Å². The third-order valence-electron chi connectivity index (χ3n) is 5.68. The van der Waals surface area contributed by atoms with Gasteiger partial charge in [-0.1, -0.05) is 6.07 Å². The van der Waals surface area contributed by atoms with Crippen molar-refractivity contribution in [2.45, 2.75) is 25.7 Å². The number of nitrogens with zero attached hydrogens (tertiary/aromatic N) is 2. The van der Waals surface area contributed by atoms with Crippen molar-refractivity contribution >= 4 is 29.1 Å². The molecule has 1 unspecified atom stereocenters. The van der Waals surface area contributed by atoms with E-state index in [0.29, 0.717) is 24.6 Å². The standard InChI is InChI=1S/C21H26N4O4/c1-13(21(27)28)15-6-5-14(11-16(15)22-2)25-9-10-29-18-12-17(23-19(18)25)20(26)24-7-3-4-8-24/h5-6,11-13,22-23H,3-4,7-10H2,1-2H3,(H,27,28). The zero-order valence-electron chi connectivity index (χ0n) is 16.7. The molecule has 2 aliphatic rings. The Labute approximate surface area is 169 Å². The predicted octanol–water partition coefficient (Wildman–Crippen LogP) is 3.01. The first kappa shape index (κ1) is 19.2. The number of aromatic amines is 1. The first-order chi connectivity index (χ1) is 14.0. The van der Waals surface area contributed by atoms with Crippen LogP contribution in [0, 0.1) is 0 Å². The highest BCUT2D eigenvalue weighted by molar-refractivity contribution is 5.95. The number of aromatic nitrogens is 1. The van der Waals surface area contributed by atoms with Gasteiger partial charge < -0.3 is 29.9 Å². The molecule has 0 bridgehead atoms. The van der Waals surface area contributed by atoms with Crippen LogP contribution >= 0.6 is 0 Å². The lowest BCUT2D eigenvalue weighted by atomic mass is 9.98. The molecule has 4 rings (SSSR count). The molecule has 29 heavy (non-hydrogen) atoms. The average Bonchev–Trinajstić information content (AvgIpc) is 3.41.